The van der Waals surface area contributed by atoms with E-state index in [1.54, 1.807) is 0 Å². The molecule has 0 saturated carbocycles. The predicted octanol–water partition coefficient (Wildman–Crippen LogP) is 2.62. The number of nitrogens with one attached hydrogen (secondary N) is 1. The van der Waals surface area contributed by atoms with Crippen molar-refractivity contribution in [1.82, 2.24) is 5.32 Å². The summed E-state index contributed by atoms with van der Waals surface area (Å²) >= 11 is 0. The molecule has 1 heterocycles. The normalized spacial score (nSPS) is 17.9. The Morgan fingerprint density at radius 2 is 2.29 bits per heavy atom. The highest BCUT2D eigenvalue weighted by molar-refractivity contribution is 5.95. The van der Waals surface area contributed by atoms with E-state index in [9.17, 15) is 4.79 Å². The Kier molecular flexibility index (Phi) is 6.21. The lowest BCUT2D eigenvalue weighted by Crippen LogP contribution is -2.26. The summed E-state index contributed by atoms with van der Waals surface area (Å²) in [5.41, 5.74) is 2.94. The molecule has 1 N–H and O–H groups in total. The van der Waals surface area contributed by atoms with Gasteiger partial charge < -0.3 is 14.8 Å². The molecule has 0 aromatic heterocycles. The van der Waals surface area contributed by atoms with Crippen molar-refractivity contribution >= 4 is 5.91 Å². The van der Waals surface area contributed by atoms with Crippen LogP contribution in [0.5, 0.6) is 0 Å². The van der Waals surface area contributed by atoms with Gasteiger partial charge in [0.2, 0.25) is 0 Å². The number of hydrogen-bond donors (Lipinski definition) is 1. The van der Waals surface area contributed by atoms with Crippen molar-refractivity contribution in [3.63, 3.8) is 0 Å². The first-order valence-electron chi connectivity index (χ1n) is 7.71. The first-order valence-corrected chi connectivity index (χ1v) is 7.71. The average Bonchev–Trinajstić information content (AvgIpc) is 2.95. The molecule has 1 aliphatic rings. The second kappa shape index (κ2) is 8.15. The Morgan fingerprint density at radius 3 is 3.00 bits per heavy atom. The Hall–Kier alpha value is -1.39. The Balaban J connectivity index is 1.60. The first-order chi connectivity index (χ1) is 10.2. The van der Waals surface area contributed by atoms with E-state index in [1.807, 2.05) is 32.0 Å². The highest BCUT2D eigenvalue weighted by Crippen LogP contribution is 2.12. The van der Waals surface area contributed by atoms with Gasteiger partial charge in [-0.05, 0) is 44.7 Å². The van der Waals surface area contributed by atoms with Crippen molar-refractivity contribution in [2.75, 3.05) is 26.4 Å². The second-order valence-corrected chi connectivity index (χ2v) is 5.64. The van der Waals surface area contributed by atoms with Crippen molar-refractivity contribution in [2.24, 2.45) is 0 Å². The number of amides is 1. The summed E-state index contributed by atoms with van der Waals surface area (Å²) in [6, 6.07) is 5.88. The zero-order chi connectivity index (χ0) is 15.1. The molecule has 21 heavy (non-hydrogen) atoms. The highest BCUT2D eigenvalue weighted by atomic mass is 16.5. The molecule has 1 aromatic rings. The highest BCUT2D eigenvalue weighted by Gasteiger charge is 2.15. The number of aryl methyl sites for hydroxylation is 2. The van der Waals surface area contributed by atoms with Crippen LogP contribution in [0.3, 0.4) is 0 Å². The summed E-state index contributed by atoms with van der Waals surface area (Å²) < 4.78 is 11.1. The van der Waals surface area contributed by atoms with Crippen LogP contribution < -0.4 is 5.32 Å². The van der Waals surface area contributed by atoms with Crippen molar-refractivity contribution in [1.29, 1.82) is 0 Å². The van der Waals surface area contributed by atoms with Gasteiger partial charge in [0.25, 0.3) is 5.91 Å². The first kappa shape index (κ1) is 16.0. The molecule has 116 valence electrons. The molecule has 0 spiro atoms. The summed E-state index contributed by atoms with van der Waals surface area (Å²) in [6.07, 6.45) is 3.34. The van der Waals surface area contributed by atoms with Crippen molar-refractivity contribution in [3.05, 3.63) is 34.9 Å². The van der Waals surface area contributed by atoms with Gasteiger partial charge in [0.1, 0.15) is 0 Å². The largest absolute Gasteiger partial charge is 0.379 e. The van der Waals surface area contributed by atoms with Crippen molar-refractivity contribution in [3.8, 4) is 0 Å². The molecular formula is C17H25NO3. The predicted molar refractivity (Wildman–Crippen MR) is 82.7 cm³/mol. The van der Waals surface area contributed by atoms with Gasteiger partial charge in [-0.2, -0.15) is 0 Å². The van der Waals surface area contributed by atoms with E-state index in [2.05, 4.69) is 5.32 Å². The van der Waals surface area contributed by atoms with Gasteiger partial charge in [-0.3, -0.25) is 4.79 Å². The van der Waals surface area contributed by atoms with Crippen LogP contribution in [0, 0.1) is 13.8 Å². The minimum Gasteiger partial charge on any atom is -0.379 e. The third-order valence-electron chi connectivity index (χ3n) is 3.71. The van der Waals surface area contributed by atoms with Crippen LogP contribution in [0.25, 0.3) is 0 Å². The fraction of sp³-hybridized carbons (Fsp3) is 0.588. The molecule has 1 fully saturated rings. The van der Waals surface area contributed by atoms with Gasteiger partial charge in [-0.25, -0.2) is 0 Å². The zero-order valence-electron chi connectivity index (χ0n) is 13.0. The van der Waals surface area contributed by atoms with Gasteiger partial charge >= 0.3 is 0 Å². The van der Waals surface area contributed by atoms with Crippen LogP contribution >= 0.6 is 0 Å². The minimum atomic E-state index is -0.00775. The quantitative estimate of drug-likeness (QED) is 0.786. The molecule has 1 atom stereocenters. The van der Waals surface area contributed by atoms with Crippen LogP contribution in [0.1, 0.15) is 40.7 Å². The van der Waals surface area contributed by atoms with E-state index >= 15 is 0 Å². The fourth-order valence-electron chi connectivity index (χ4n) is 2.53. The third kappa shape index (κ3) is 5.14. The van der Waals surface area contributed by atoms with Crippen LogP contribution in [-0.2, 0) is 9.47 Å². The molecule has 0 unspecified atom stereocenters. The molecule has 4 heteroatoms. The van der Waals surface area contributed by atoms with Gasteiger partial charge in [0.05, 0.1) is 12.7 Å². The number of hydrogen-bond acceptors (Lipinski definition) is 3. The lowest BCUT2D eigenvalue weighted by atomic mass is 10.1. The number of carbonyl (C=O) groups is 1. The topological polar surface area (TPSA) is 47.6 Å². The van der Waals surface area contributed by atoms with Gasteiger partial charge in [-0.1, -0.05) is 17.7 Å². The van der Waals surface area contributed by atoms with E-state index in [0.717, 1.165) is 37.0 Å². The Bertz CT molecular complexity index is 467. The monoisotopic (exact) mass is 291 g/mol. The third-order valence-corrected chi connectivity index (χ3v) is 3.71. The van der Waals surface area contributed by atoms with Crippen LogP contribution in [0.4, 0.5) is 0 Å². The van der Waals surface area contributed by atoms with E-state index in [1.165, 1.54) is 5.56 Å². The average molecular weight is 291 g/mol. The summed E-state index contributed by atoms with van der Waals surface area (Å²) in [5.74, 6) is -0.00775. The molecule has 1 aliphatic heterocycles. The summed E-state index contributed by atoms with van der Waals surface area (Å²) in [4.78, 5) is 12.0. The smallest absolute Gasteiger partial charge is 0.251 e. The molecule has 2 rings (SSSR count). The maximum Gasteiger partial charge on any atom is 0.251 e. The molecule has 1 aromatic carbocycles. The molecule has 0 aliphatic carbocycles. The summed E-state index contributed by atoms with van der Waals surface area (Å²) in [6.45, 7) is 6.82. The maximum absolute atomic E-state index is 12.0. The van der Waals surface area contributed by atoms with E-state index in [0.29, 0.717) is 19.8 Å². The lowest BCUT2D eigenvalue weighted by Gasteiger charge is -2.11. The lowest BCUT2D eigenvalue weighted by molar-refractivity contribution is 0.0166. The van der Waals surface area contributed by atoms with E-state index in [-0.39, 0.29) is 12.0 Å². The Morgan fingerprint density at radius 1 is 1.43 bits per heavy atom. The number of ether oxygens (including phenoxy) is 2. The number of carbonyl (C=O) groups excluding carboxylic acids is 1. The van der Waals surface area contributed by atoms with Crippen LogP contribution in [0.15, 0.2) is 18.2 Å². The van der Waals surface area contributed by atoms with Gasteiger partial charge in [0.15, 0.2) is 0 Å². The second-order valence-electron chi connectivity index (χ2n) is 5.64. The van der Waals surface area contributed by atoms with Gasteiger partial charge in [0, 0.05) is 25.3 Å². The zero-order valence-corrected chi connectivity index (χ0v) is 13.0. The molecule has 1 saturated heterocycles. The standard InChI is InChI=1S/C17H25NO3/c1-13-6-7-16(14(2)11-13)17(19)18-8-4-9-20-12-15-5-3-10-21-15/h6-7,11,15H,3-5,8-10,12H2,1-2H3,(H,18,19)/t15-/m0/s1. The minimum absolute atomic E-state index is 0.00775. The molecular weight excluding hydrogens is 266 g/mol. The van der Waals surface area contributed by atoms with Gasteiger partial charge in [-0.15, -0.1) is 0 Å². The van der Waals surface area contributed by atoms with E-state index < -0.39 is 0 Å². The van der Waals surface area contributed by atoms with Crippen LogP contribution in [-0.4, -0.2) is 38.4 Å². The van der Waals surface area contributed by atoms with Crippen molar-refractivity contribution < 1.29 is 14.3 Å². The SMILES string of the molecule is Cc1ccc(C(=O)NCCCOC[C@@H]2CCCO2)c(C)c1. The molecule has 4 nitrogen and oxygen atoms in total. The molecule has 0 bridgehead atoms. The summed E-state index contributed by atoms with van der Waals surface area (Å²) in [7, 11) is 0. The Labute approximate surface area is 126 Å². The van der Waals surface area contributed by atoms with Crippen LogP contribution in [0.2, 0.25) is 0 Å². The number of rotatable bonds is 7. The number of benzene rings is 1. The summed E-state index contributed by atoms with van der Waals surface area (Å²) in [5, 5.41) is 2.94. The molecule has 1 amide bonds. The maximum atomic E-state index is 12.0. The van der Waals surface area contributed by atoms with Crippen molar-refractivity contribution in [2.45, 2.75) is 39.2 Å². The van der Waals surface area contributed by atoms with E-state index in [4.69, 9.17) is 9.47 Å². The fourth-order valence-corrected chi connectivity index (χ4v) is 2.53. The molecule has 0 radical (unpaired) electrons.